The summed E-state index contributed by atoms with van der Waals surface area (Å²) < 4.78 is 16.1. The molecule has 0 radical (unpaired) electrons. The maximum absolute atomic E-state index is 14.7. The van der Waals surface area contributed by atoms with Gasteiger partial charge in [0.25, 0.3) is 0 Å². The average Bonchev–Trinajstić information content (AvgIpc) is 2.49. The zero-order valence-electron chi connectivity index (χ0n) is 12.9. The van der Waals surface area contributed by atoms with Gasteiger partial charge in [-0.1, -0.05) is 6.92 Å². The Hall–Kier alpha value is -2.37. The van der Waals surface area contributed by atoms with Crippen LogP contribution in [0.15, 0.2) is 11.0 Å². The Morgan fingerprint density at radius 3 is 2.45 bits per heavy atom. The van der Waals surface area contributed by atoms with Crippen molar-refractivity contribution in [3.05, 3.63) is 38.9 Å². The number of benzene rings is 1. The lowest BCUT2D eigenvalue weighted by atomic mass is 10.0. The summed E-state index contributed by atoms with van der Waals surface area (Å²) in [5, 5.41) is 19.2. The first-order chi connectivity index (χ1) is 10.2. The fourth-order valence-electron chi connectivity index (χ4n) is 2.48. The number of carbonyl (C=O) groups is 1. The average molecular weight is 307 g/mol. The molecule has 1 aromatic carbocycles. The molecular weight excluding hydrogens is 289 g/mol. The van der Waals surface area contributed by atoms with Gasteiger partial charge in [-0.25, -0.2) is 9.18 Å². The lowest BCUT2D eigenvalue weighted by Crippen LogP contribution is -2.21. The summed E-state index contributed by atoms with van der Waals surface area (Å²) in [5.41, 5.74) is -0.929. The van der Waals surface area contributed by atoms with Crippen LogP contribution in [0.25, 0.3) is 10.9 Å². The lowest BCUT2D eigenvalue weighted by molar-refractivity contribution is 0.0694. The standard InChI is InChI=1S/C16H18FNO4/c1-5-7(2)18-6-10(16(21)22)15(20)11-13(18)12(17)8(3)9(4)14(11)19/h6-7,19H,5H2,1-4H3,(H,21,22). The van der Waals surface area contributed by atoms with Crippen molar-refractivity contribution in [2.45, 2.75) is 40.2 Å². The molecule has 1 unspecified atom stereocenters. The maximum Gasteiger partial charge on any atom is 0.341 e. The molecule has 2 aromatic rings. The molecule has 0 aliphatic rings. The normalized spacial score (nSPS) is 12.6. The number of nitrogens with zero attached hydrogens (tertiary/aromatic N) is 1. The molecule has 0 aliphatic carbocycles. The number of phenols is 1. The number of carboxylic acid groups (broad SMARTS) is 1. The molecule has 22 heavy (non-hydrogen) atoms. The summed E-state index contributed by atoms with van der Waals surface area (Å²) in [6.07, 6.45) is 1.77. The molecule has 0 fully saturated rings. The second kappa shape index (κ2) is 5.44. The van der Waals surface area contributed by atoms with Crippen LogP contribution in [-0.2, 0) is 0 Å². The molecule has 1 heterocycles. The van der Waals surface area contributed by atoms with E-state index in [4.69, 9.17) is 0 Å². The molecule has 0 bridgehead atoms. The zero-order chi connectivity index (χ0) is 16.8. The van der Waals surface area contributed by atoms with Crippen LogP contribution in [0.2, 0.25) is 0 Å². The largest absolute Gasteiger partial charge is 0.507 e. The van der Waals surface area contributed by atoms with E-state index in [1.807, 2.05) is 6.92 Å². The highest BCUT2D eigenvalue weighted by Gasteiger charge is 2.24. The number of carboxylic acids is 1. The summed E-state index contributed by atoms with van der Waals surface area (Å²) in [5.74, 6) is -2.37. The van der Waals surface area contributed by atoms with Crippen molar-refractivity contribution in [1.29, 1.82) is 0 Å². The van der Waals surface area contributed by atoms with Gasteiger partial charge in [-0.15, -0.1) is 0 Å². The molecule has 0 aliphatic heterocycles. The van der Waals surface area contributed by atoms with Crippen molar-refractivity contribution in [2.75, 3.05) is 0 Å². The summed E-state index contributed by atoms with van der Waals surface area (Å²) in [6, 6.07) is -0.225. The molecular formula is C16H18FNO4. The Morgan fingerprint density at radius 1 is 1.36 bits per heavy atom. The molecule has 0 amide bonds. The first kappa shape index (κ1) is 16.0. The molecule has 0 saturated heterocycles. The van der Waals surface area contributed by atoms with Gasteiger partial charge < -0.3 is 14.8 Å². The van der Waals surface area contributed by atoms with Crippen LogP contribution in [0.1, 0.15) is 47.8 Å². The van der Waals surface area contributed by atoms with E-state index in [2.05, 4.69) is 0 Å². The molecule has 2 N–H and O–H groups in total. The van der Waals surface area contributed by atoms with Crippen molar-refractivity contribution in [3.8, 4) is 5.75 Å². The number of phenolic OH excluding ortho intramolecular Hbond substituents is 1. The number of fused-ring (bicyclic) bond motifs is 1. The molecule has 1 atom stereocenters. The first-order valence-electron chi connectivity index (χ1n) is 7.02. The number of hydrogen-bond acceptors (Lipinski definition) is 3. The molecule has 2 rings (SSSR count). The maximum atomic E-state index is 14.7. The smallest absolute Gasteiger partial charge is 0.341 e. The minimum Gasteiger partial charge on any atom is -0.507 e. The second-order valence-corrected chi connectivity index (χ2v) is 5.48. The fourth-order valence-corrected chi connectivity index (χ4v) is 2.48. The van der Waals surface area contributed by atoms with Crippen LogP contribution >= 0.6 is 0 Å². The molecule has 118 valence electrons. The summed E-state index contributed by atoms with van der Waals surface area (Å²) in [4.78, 5) is 23.6. The van der Waals surface area contributed by atoms with Gasteiger partial charge in [0, 0.05) is 12.2 Å². The topological polar surface area (TPSA) is 79.5 Å². The molecule has 0 saturated carbocycles. The Bertz CT molecular complexity index is 839. The Balaban J connectivity index is 3.17. The van der Waals surface area contributed by atoms with Gasteiger partial charge in [-0.2, -0.15) is 0 Å². The van der Waals surface area contributed by atoms with Gasteiger partial charge in [0.15, 0.2) is 5.82 Å². The highest BCUT2D eigenvalue weighted by atomic mass is 19.1. The highest BCUT2D eigenvalue weighted by molar-refractivity contribution is 5.96. The van der Waals surface area contributed by atoms with Gasteiger partial charge in [0.2, 0.25) is 5.43 Å². The van der Waals surface area contributed by atoms with Gasteiger partial charge in [0.1, 0.15) is 11.3 Å². The number of aromatic hydroxyl groups is 1. The van der Waals surface area contributed by atoms with Crippen LogP contribution in [0.3, 0.4) is 0 Å². The number of rotatable bonds is 3. The van der Waals surface area contributed by atoms with E-state index in [0.717, 1.165) is 6.20 Å². The number of halogens is 1. The van der Waals surface area contributed by atoms with Crippen molar-refractivity contribution in [2.24, 2.45) is 0 Å². The first-order valence-corrected chi connectivity index (χ1v) is 7.02. The zero-order valence-corrected chi connectivity index (χ0v) is 12.9. The van der Waals surface area contributed by atoms with Crippen molar-refractivity contribution in [3.63, 3.8) is 0 Å². The van der Waals surface area contributed by atoms with Crippen molar-refractivity contribution >= 4 is 16.9 Å². The third-order valence-corrected chi connectivity index (χ3v) is 4.22. The Morgan fingerprint density at radius 2 is 1.95 bits per heavy atom. The van der Waals surface area contributed by atoms with Gasteiger partial charge in [-0.05, 0) is 38.3 Å². The second-order valence-electron chi connectivity index (χ2n) is 5.48. The van der Waals surface area contributed by atoms with E-state index in [1.165, 1.54) is 18.4 Å². The molecule has 0 spiro atoms. The van der Waals surface area contributed by atoms with E-state index in [0.29, 0.717) is 6.42 Å². The van der Waals surface area contributed by atoms with Crippen molar-refractivity contribution in [1.82, 2.24) is 4.57 Å². The minimum absolute atomic E-state index is 0.0510. The quantitative estimate of drug-likeness (QED) is 0.913. The van der Waals surface area contributed by atoms with Crippen LogP contribution < -0.4 is 5.43 Å². The van der Waals surface area contributed by atoms with E-state index in [1.54, 1.807) is 6.92 Å². The fraction of sp³-hybridized carbons (Fsp3) is 0.375. The van der Waals surface area contributed by atoms with Crippen LogP contribution in [0.4, 0.5) is 4.39 Å². The van der Waals surface area contributed by atoms with Crippen LogP contribution in [0.5, 0.6) is 5.75 Å². The van der Waals surface area contributed by atoms with E-state index < -0.39 is 22.8 Å². The molecule has 5 nitrogen and oxygen atoms in total. The SMILES string of the molecule is CCC(C)n1cc(C(=O)O)c(=O)c2c(O)c(C)c(C)c(F)c21. The molecule has 6 heteroatoms. The Kier molecular flexibility index (Phi) is 3.96. The minimum atomic E-state index is -1.40. The number of aromatic carboxylic acids is 1. The third kappa shape index (κ3) is 2.15. The highest BCUT2D eigenvalue weighted by Crippen LogP contribution is 2.33. The Labute approximate surface area is 126 Å². The predicted octanol–water partition coefficient (Wildman–Crippen LogP) is 3.13. The van der Waals surface area contributed by atoms with Gasteiger partial charge in [-0.3, -0.25) is 4.79 Å². The number of aromatic nitrogens is 1. The predicted molar refractivity (Wildman–Crippen MR) is 81.3 cm³/mol. The summed E-state index contributed by atoms with van der Waals surface area (Å²) in [6.45, 7) is 6.67. The van der Waals surface area contributed by atoms with Crippen LogP contribution in [0, 0.1) is 19.7 Å². The molecule has 1 aromatic heterocycles. The number of pyridine rings is 1. The summed E-state index contributed by atoms with van der Waals surface area (Å²) >= 11 is 0. The number of hydrogen-bond donors (Lipinski definition) is 2. The third-order valence-electron chi connectivity index (χ3n) is 4.22. The van der Waals surface area contributed by atoms with E-state index >= 15 is 0 Å². The van der Waals surface area contributed by atoms with Gasteiger partial charge >= 0.3 is 5.97 Å². The lowest BCUT2D eigenvalue weighted by Gasteiger charge is -2.20. The van der Waals surface area contributed by atoms with Crippen LogP contribution in [-0.4, -0.2) is 20.7 Å². The van der Waals surface area contributed by atoms with Gasteiger partial charge in [0.05, 0.1) is 10.9 Å². The summed E-state index contributed by atoms with van der Waals surface area (Å²) in [7, 11) is 0. The monoisotopic (exact) mass is 307 g/mol. The van der Waals surface area contributed by atoms with Crippen molar-refractivity contribution < 1.29 is 19.4 Å². The van der Waals surface area contributed by atoms with E-state index in [9.17, 15) is 24.2 Å². The van der Waals surface area contributed by atoms with E-state index in [-0.39, 0.29) is 33.8 Å².